The van der Waals surface area contributed by atoms with Crippen LogP contribution < -0.4 is 10.7 Å². The number of methoxy groups -OCH3 is 2. The molecule has 0 bridgehead atoms. The molecule has 2 aliphatic rings. The lowest BCUT2D eigenvalue weighted by Gasteiger charge is -2.21. The Balaban J connectivity index is 1.83. The fourth-order valence-electron chi connectivity index (χ4n) is 4.42. The van der Waals surface area contributed by atoms with Crippen LogP contribution in [0.15, 0.2) is 77.9 Å². The maximum absolute atomic E-state index is 6.44. The van der Waals surface area contributed by atoms with Crippen molar-refractivity contribution in [2.45, 2.75) is 13.0 Å². The molecular formula is C29H27Cl2N5O2. The number of pyridine rings is 1. The predicted molar refractivity (Wildman–Crippen MR) is 153 cm³/mol. The zero-order chi connectivity index (χ0) is 26.6. The van der Waals surface area contributed by atoms with E-state index in [2.05, 4.69) is 14.9 Å². The third-order valence-electron chi connectivity index (χ3n) is 6.17. The van der Waals surface area contributed by atoms with E-state index in [0.29, 0.717) is 23.3 Å². The minimum Gasteiger partial charge on any atom is -0.382 e. The Labute approximate surface area is 231 Å². The summed E-state index contributed by atoms with van der Waals surface area (Å²) in [6, 6.07) is 21.3. The summed E-state index contributed by atoms with van der Waals surface area (Å²) in [7, 11) is 3.32. The van der Waals surface area contributed by atoms with Crippen LogP contribution in [0.25, 0.3) is 28.1 Å². The van der Waals surface area contributed by atoms with Gasteiger partial charge in [-0.15, -0.1) is 0 Å². The zero-order valence-electron chi connectivity index (χ0n) is 21.3. The summed E-state index contributed by atoms with van der Waals surface area (Å²) < 4.78 is 13.0. The lowest BCUT2D eigenvalue weighted by atomic mass is 10.1. The minimum absolute atomic E-state index is 0.204. The average Bonchev–Trinajstić information content (AvgIpc) is 2.91. The number of rotatable bonds is 8. The van der Waals surface area contributed by atoms with E-state index in [4.69, 9.17) is 42.7 Å². The third kappa shape index (κ3) is 5.37. The zero-order valence-corrected chi connectivity index (χ0v) is 22.8. The Morgan fingerprint density at radius 1 is 0.921 bits per heavy atom. The van der Waals surface area contributed by atoms with Gasteiger partial charge in [0.05, 0.1) is 74.1 Å². The van der Waals surface area contributed by atoms with Crippen LogP contribution in [0.5, 0.6) is 0 Å². The first-order valence-corrected chi connectivity index (χ1v) is 12.9. The van der Waals surface area contributed by atoms with Gasteiger partial charge < -0.3 is 19.4 Å². The van der Waals surface area contributed by atoms with Crippen LogP contribution in [0.3, 0.4) is 0 Å². The molecule has 1 aromatic heterocycles. The van der Waals surface area contributed by atoms with Crippen molar-refractivity contribution < 1.29 is 9.47 Å². The number of benzene rings is 3. The number of aryl methyl sites for hydroxylation is 1. The van der Waals surface area contributed by atoms with Crippen molar-refractivity contribution in [1.82, 2.24) is 14.5 Å². The summed E-state index contributed by atoms with van der Waals surface area (Å²) in [6.45, 7) is 2.79. The second-order valence-electron chi connectivity index (χ2n) is 8.85. The molecule has 9 heteroatoms. The van der Waals surface area contributed by atoms with Gasteiger partial charge in [-0.1, -0.05) is 35.3 Å². The van der Waals surface area contributed by atoms with E-state index in [-0.39, 0.29) is 6.04 Å². The quantitative estimate of drug-likeness (QED) is 0.226. The summed E-state index contributed by atoms with van der Waals surface area (Å²) in [6.07, 6.45) is 1.77. The first-order valence-electron chi connectivity index (χ1n) is 12.1. The van der Waals surface area contributed by atoms with Gasteiger partial charge in [-0.3, -0.25) is 9.98 Å². The number of halogens is 2. The van der Waals surface area contributed by atoms with Crippen molar-refractivity contribution in [2.24, 2.45) is 4.99 Å². The highest BCUT2D eigenvalue weighted by atomic mass is 35.5. The molecule has 38 heavy (non-hydrogen) atoms. The van der Waals surface area contributed by atoms with E-state index in [9.17, 15) is 0 Å². The summed E-state index contributed by atoms with van der Waals surface area (Å²) >= 11 is 12.7. The largest absolute Gasteiger partial charge is 0.382 e. The molecule has 1 N–H and O–H groups in total. The van der Waals surface area contributed by atoms with Crippen molar-refractivity contribution in [3.8, 4) is 17.1 Å². The Kier molecular flexibility index (Phi) is 7.90. The molecule has 0 spiro atoms. The molecule has 3 aromatic rings. The Bertz CT molecular complexity index is 1630. The maximum atomic E-state index is 6.44. The van der Waals surface area contributed by atoms with Crippen LogP contribution in [0.2, 0.25) is 10.0 Å². The molecule has 0 atom stereocenters. The number of para-hydroxylation sites is 2. The van der Waals surface area contributed by atoms with Crippen LogP contribution in [0.4, 0.5) is 11.4 Å². The molecule has 2 heterocycles. The Morgan fingerprint density at radius 3 is 2.45 bits per heavy atom. The number of hydrogen-bond acceptors (Lipinski definition) is 6. The molecule has 2 aromatic carbocycles. The highest BCUT2D eigenvalue weighted by molar-refractivity contribution is 6.42. The van der Waals surface area contributed by atoms with Crippen LogP contribution >= 0.6 is 23.2 Å². The fourth-order valence-corrected chi connectivity index (χ4v) is 4.71. The highest BCUT2D eigenvalue weighted by Gasteiger charge is 2.18. The van der Waals surface area contributed by atoms with Crippen LogP contribution in [0, 0.1) is 6.92 Å². The molecule has 5 rings (SSSR count). The van der Waals surface area contributed by atoms with Crippen molar-refractivity contribution in [3.63, 3.8) is 0 Å². The van der Waals surface area contributed by atoms with Crippen LogP contribution in [0.1, 0.15) is 5.69 Å². The molecule has 1 aliphatic carbocycles. The molecule has 0 amide bonds. The van der Waals surface area contributed by atoms with E-state index in [1.807, 2.05) is 67.6 Å². The fraction of sp³-hybridized carbons (Fsp3) is 0.207. The van der Waals surface area contributed by atoms with Crippen molar-refractivity contribution in [3.05, 3.63) is 94.0 Å². The maximum Gasteiger partial charge on any atom is 0.0973 e. The normalized spacial score (nSPS) is 12.1. The second-order valence-corrected chi connectivity index (χ2v) is 9.66. The smallest absolute Gasteiger partial charge is 0.0973 e. The third-order valence-corrected chi connectivity index (χ3v) is 6.91. The van der Waals surface area contributed by atoms with Crippen LogP contribution in [-0.2, 0) is 9.47 Å². The van der Waals surface area contributed by atoms with Gasteiger partial charge in [0.15, 0.2) is 0 Å². The standard InChI is InChI=1S/C29H27Cl2N5O2/c1-18-23(8-6-12-32-18)34-25-14-27-29(15-26(25)33-19(16-37-2)17-38-3)36(20-10-11-21(30)22(31)13-20)28-9-5-4-7-24(28)35-27/h4-15,19,34H,16-17H2,1-3H3. The highest BCUT2D eigenvalue weighted by Crippen LogP contribution is 2.33. The van der Waals surface area contributed by atoms with Gasteiger partial charge in [-0.25, -0.2) is 4.98 Å². The molecular weight excluding hydrogens is 521 g/mol. The first kappa shape index (κ1) is 26.1. The van der Waals surface area contributed by atoms with E-state index in [0.717, 1.165) is 50.5 Å². The minimum atomic E-state index is -0.204. The SMILES string of the molecule is COCC(COC)N=c1cc2n(-c3ccc(Cl)c(Cl)c3)c3ccccc3nc-2cc1Nc1cccnc1C. The number of ether oxygens (including phenoxy) is 2. The number of aromatic nitrogens is 3. The van der Waals surface area contributed by atoms with Gasteiger partial charge in [-0.05, 0) is 61.5 Å². The number of hydrogen-bond donors (Lipinski definition) is 1. The number of anilines is 2. The number of nitrogens with one attached hydrogen (secondary N) is 1. The Morgan fingerprint density at radius 2 is 1.71 bits per heavy atom. The van der Waals surface area contributed by atoms with Crippen molar-refractivity contribution in [1.29, 1.82) is 0 Å². The summed E-state index contributed by atoms with van der Waals surface area (Å²) in [4.78, 5) is 14.5. The van der Waals surface area contributed by atoms with Gasteiger partial charge in [-0.2, -0.15) is 0 Å². The number of nitrogens with zero attached hydrogens (tertiary/aromatic N) is 4. The molecule has 0 radical (unpaired) electrons. The molecule has 194 valence electrons. The molecule has 7 nitrogen and oxygen atoms in total. The van der Waals surface area contributed by atoms with Gasteiger partial charge >= 0.3 is 0 Å². The summed E-state index contributed by atoms with van der Waals surface area (Å²) in [5.41, 5.74) is 6.85. The van der Waals surface area contributed by atoms with E-state index >= 15 is 0 Å². The lowest BCUT2D eigenvalue weighted by molar-refractivity contribution is 0.118. The predicted octanol–water partition coefficient (Wildman–Crippen LogP) is 6.45. The van der Waals surface area contributed by atoms with Crippen LogP contribution in [-0.4, -0.2) is 48.0 Å². The summed E-state index contributed by atoms with van der Waals surface area (Å²) in [5.74, 6) is 0. The Hall–Kier alpha value is -3.49. The van der Waals surface area contributed by atoms with Gasteiger partial charge in [0.2, 0.25) is 0 Å². The first-order chi connectivity index (χ1) is 18.5. The van der Waals surface area contributed by atoms with Gasteiger partial charge in [0, 0.05) is 26.1 Å². The van der Waals surface area contributed by atoms with Crippen molar-refractivity contribution >= 4 is 45.6 Å². The van der Waals surface area contributed by atoms with Crippen molar-refractivity contribution in [2.75, 3.05) is 32.8 Å². The number of fused-ring (bicyclic) bond motifs is 2. The lowest BCUT2D eigenvalue weighted by Crippen LogP contribution is -2.24. The topological polar surface area (TPSA) is 73.6 Å². The average molecular weight is 548 g/mol. The van der Waals surface area contributed by atoms with E-state index in [1.165, 1.54) is 0 Å². The molecule has 0 unspecified atom stereocenters. The molecule has 0 saturated carbocycles. The van der Waals surface area contributed by atoms with Gasteiger partial charge in [0.1, 0.15) is 0 Å². The second kappa shape index (κ2) is 11.5. The molecule has 1 aliphatic heterocycles. The van der Waals surface area contributed by atoms with E-state index in [1.54, 1.807) is 26.5 Å². The van der Waals surface area contributed by atoms with Gasteiger partial charge in [0.25, 0.3) is 0 Å². The summed E-state index contributed by atoms with van der Waals surface area (Å²) in [5, 5.41) is 5.23. The van der Waals surface area contributed by atoms with E-state index < -0.39 is 0 Å². The molecule has 0 fully saturated rings. The molecule has 0 saturated heterocycles. The monoisotopic (exact) mass is 547 g/mol.